The molecule has 0 spiro atoms. The summed E-state index contributed by atoms with van der Waals surface area (Å²) < 4.78 is 18.7. The lowest BCUT2D eigenvalue weighted by molar-refractivity contribution is 0.432. The Morgan fingerprint density at radius 1 is 1.14 bits per heavy atom. The molecule has 0 aliphatic carbocycles. The van der Waals surface area contributed by atoms with Crippen LogP contribution in [0, 0.1) is 12.7 Å². The summed E-state index contributed by atoms with van der Waals surface area (Å²) in [4.78, 5) is 7.59. The van der Waals surface area contributed by atoms with Gasteiger partial charge in [0, 0.05) is 28.2 Å². The van der Waals surface area contributed by atoms with Crippen molar-refractivity contribution < 1.29 is 8.91 Å². The highest BCUT2D eigenvalue weighted by molar-refractivity contribution is 5.93. The monoisotopic (exact) mass is 293 g/mol. The van der Waals surface area contributed by atoms with Crippen LogP contribution in [0.4, 0.5) is 4.39 Å². The molecule has 5 heteroatoms. The van der Waals surface area contributed by atoms with Gasteiger partial charge < -0.3 is 9.51 Å². The average molecular weight is 293 g/mol. The minimum Gasteiger partial charge on any atom is -0.361 e. The number of rotatable bonds is 2. The Morgan fingerprint density at radius 2 is 2.05 bits per heavy atom. The Balaban J connectivity index is 1.81. The average Bonchev–Trinajstić information content (AvgIpc) is 3.18. The standard InChI is InChI=1S/C17H12FN3O/c1-10-9-11(5-6-14(10)18)17-20-16(21-22-17)13-3-2-4-15-12(13)7-8-19-15/h2-9,19H,1H3. The molecule has 108 valence electrons. The molecule has 2 heterocycles. The number of fused-ring (bicyclic) bond motifs is 1. The van der Waals surface area contributed by atoms with Crippen molar-refractivity contribution in [1.82, 2.24) is 15.1 Å². The number of aromatic nitrogens is 3. The van der Waals surface area contributed by atoms with E-state index in [1.54, 1.807) is 19.1 Å². The van der Waals surface area contributed by atoms with Crippen molar-refractivity contribution in [1.29, 1.82) is 0 Å². The van der Waals surface area contributed by atoms with Crippen molar-refractivity contribution >= 4 is 10.9 Å². The third-order valence-electron chi connectivity index (χ3n) is 3.67. The van der Waals surface area contributed by atoms with Crippen LogP contribution >= 0.6 is 0 Å². The lowest BCUT2D eigenvalue weighted by atomic mass is 10.1. The van der Waals surface area contributed by atoms with E-state index in [1.807, 2.05) is 30.5 Å². The first-order chi connectivity index (χ1) is 10.7. The lowest BCUT2D eigenvalue weighted by Gasteiger charge is -1.98. The van der Waals surface area contributed by atoms with Crippen LogP contribution in [0.5, 0.6) is 0 Å². The van der Waals surface area contributed by atoms with Crippen LogP contribution in [0.2, 0.25) is 0 Å². The maximum Gasteiger partial charge on any atom is 0.258 e. The van der Waals surface area contributed by atoms with Crippen molar-refractivity contribution in [2.45, 2.75) is 6.92 Å². The van der Waals surface area contributed by atoms with Gasteiger partial charge in [-0.25, -0.2) is 4.39 Å². The zero-order valence-electron chi connectivity index (χ0n) is 11.8. The molecule has 1 N–H and O–H groups in total. The van der Waals surface area contributed by atoms with Crippen LogP contribution in [-0.4, -0.2) is 15.1 Å². The molecule has 0 bridgehead atoms. The predicted molar refractivity (Wildman–Crippen MR) is 81.7 cm³/mol. The van der Waals surface area contributed by atoms with Gasteiger partial charge in [-0.3, -0.25) is 0 Å². The first kappa shape index (κ1) is 12.8. The fourth-order valence-corrected chi connectivity index (χ4v) is 2.51. The van der Waals surface area contributed by atoms with E-state index in [-0.39, 0.29) is 5.82 Å². The second-order valence-electron chi connectivity index (χ2n) is 5.13. The third kappa shape index (κ3) is 1.98. The maximum absolute atomic E-state index is 13.4. The Hall–Kier alpha value is -2.95. The number of nitrogens with one attached hydrogen (secondary N) is 1. The number of nitrogens with zero attached hydrogens (tertiary/aromatic N) is 2. The first-order valence-electron chi connectivity index (χ1n) is 6.89. The number of aryl methyl sites for hydroxylation is 1. The van der Waals surface area contributed by atoms with E-state index in [0.717, 1.165) is 16.5 Å². The summed E-state index contributed by atoms with van der Waals surface area (Å²) in [6.45, 7) is 1.71. The molecule has 0 aliphatic rings. The van der Waals surface area contributed by atoms with E-state index in [2.05, 4.69) is 15.1 Å². The molecule has 4 aromatic rings. The van der Waals surface area contributed by atoms with Gasteiger partial charge >= 0.3 is 0 Å². The van der Waals surface area contributed by atoms with Crippen LogP contribution in [-0.2, 0) is 0 Å². The number of aromatic amines is 1. The topological polar surface area (TPSA) is 54.7 Å². The van der Waals surface area contributed by atoms with Gasteiger partial charge in [-0.1, -0.05) is 17.3 Å². The maximum atomic E-state index is 13.4. The smallest absolute Gasteiger partial charge is 0.258 e. The van der Waals surface area contributed by atoms with Gasteiger partial charge in [0.1, 0.15) is 5.82 Å². The molecule has 4 rings (SSSR count). The highest BCUT2D eigenvalue weighted by Gasteiger charge is 2.14. The van der Waals surface area contributed by atoms with Crippen LogP contribution in [0.1, 0.15) is 5.56 Å². The van der Waals surface area contributed by atoms with Crippen molar-refractivity contribution in [2.24, 2.45) is 0 Å². The minimum atomic E-state index is -0.249. The Kier molecular flexibility index (Phi) is 2.79. The zero-order valence-corrected chi connectivity index (χ0v) is 11.8. The summed E-state index contributed by atoms with van der Waals surface area (Å²) in [5.41, 5.74) is 3.16. The van der Waals surface area contributed by atoms with Gasteiger partial charge in [0.25, 0.3) is 5.89 Å². The van der Waals surface area contributed by atoms with Crippen molar-refractivity contribution in [3.63, 3.8) is 0 Å². The summed E-state index contributed by atoms with van der Waals surface area (Å²) >= 11 is 0. The van der Waals surface area contributed by atoms with E-state index in [4.69, 9.17) is 4.52 Å². The Labute approximate surface area is 125 Å². The van der Waals surface area contributed by atoms with Crippen molar-refractivity contribution in [3.05, 3.63) is 60.0 Å². The van der Waals surface area contributed by atoms with Crippen molar-refractivity contribution in [3.8, 4) is 22.8 Å². The lowest BCUT2D eigenvalue weighted by Crippen LogP contribution is -1.85. The highest BCUT2D eigenvalue weighted by Crippen LogP contribution is 2.28. The van der Waals surface area contributed by atoms with E-state index in [0.29, 0.717) is 22.8 Å². The molecule has 0 amide bonds. The molecule has 0 radical (unpaired) electrons. The first-order valence-corrected chi connectivity index (χ1v) is 6.89. The summed E-state index contributed by atoms with van der Waals surface area (Å²) in [5, 5.41) is 5.08. The quantitative estimate of drug-likeness (QED) is 0.598. The van der Waals surface area contributed by atoms with E-state index < -0.39 is 0 Å². The molecule has 2 aromatic heterocycles. The SMILES string of the molecule is Cc1cc(-c2nc(-c3cccc4[nH]ccc34)no2)ccc1F. The van der Waals surface area contributed by atoms with E-state index >= 15 is 0 Å². The van der Waals surface area contributed by atoms with Crippen LogP contribution in [0.25, 0.3) is 33.7 Å². The fraction of sp³-hybridized carbons (Fsp3) is 0.0588. The predicted octanol–water partition coefficient (Wildman–Crippen LogP) is 4.33. The van der Waals surface area contributed by atoms with Gasteiger partial charge in [0.2, 0.25) is 5.82 Å². The zero-order chi connectivity index (χ0) is 15.1. The summed E-state index contributed by atoms with van der Waals surface area (Å²) in [7, 11) is 0. The number of benzene rings is 2. The number of hydrogen-bond acceptors (Lipinski definition) is 3. The molecule has 0 saturated carbocycles. The van der Waals surface area contributed by atoms with Gasteiger partial charge in [-0.2, -0.15) is 4.98 Å². The summed E-state index contributed by atoms with van der Waals surface area (Å²) in [6.07, 6.45) is 1.87. The Morgan fingerprint density at radius 3 is 2.91 bits per heavy atom. The van der Waals surface area contributed by atoms with E-state index in [1.165, 1.54) is 6.07 Å². The van der Waals surface area contributed by atoms with Crippen molar-refractivity contribution in [2.75, 3.05) is 0 Å². The van der Waals surface area contributed by atoms with Crippen LogP contribution in [0.3, 0.4) is 0 Å². The second-order valence-corrected chi connectivity index (χ2v) is 5.13. The highest BCUT2D eigenvalue weighted by atomic mass is 19.1. The molecule has 0 saturated heterocycles. The van der Waals surface area contributed by atoms with Gasteiger partial charge in [0.15, 0.2) is 0 Å². The minimum absolute atomic E-state index is 0.249. The summed E-state index contributed by atoms with van der Waals surface area (Å²) in [6, 6.07) is 12.6. The molecular formula is C17H12FN3O. The molecule has 2 aromatic carbocycles. The van der Waals surface area contributed by atoms with Gasteiger partial charge in [0.05, 0.1) is 0 Å². The second kappa shape index (κ2) is 4.80. The normalized spacial score (nSPS) is 11.2. The van der Waals surface area contributed by atoms with Crippen LogP contribution < -0.4 is 0 Å². The molecule has 0 unspecified atom stereocenters. The number of H-pyrrole nitrogens is 1. The third-order valence-corrected chi connectivity index (χ3v) is 3.67. The van der Waals surface area contributed by atoms with Gasteiger partial charge in [-0.15, -0.1) is 0 Å². The molecule has 4 nitrogen and oxygen atoms in total. The van der Waals surface area contributed by atoms with E-state index in [9.17, 15) is 4.39 Å². The largest absolute Gasteiger partial charge is 0.361 e. The molecule has 0 aliphatic heterocycles. The Bertz CT molecular complexity index is 971. The van der Waals surface area contributed by atoms with Crippen LogP contribution in [0.15, 0.2) is 53.2 Å². The number of hydrogen-bond donors (Lipinski definition) is 1. The molecule has 0 atom stereocenters. The van der Waals surface area contributed by atoms with Gasteiger partial charge in [-0.05, 0) is 42.8 Å². The summed E-state index contributed by atoms with van der Waals surface area (Å²) in [5.74, 6) is 0.647. The fourth-order valence-electron chi connectivity index (χ4n) is 2.51. The number of halogens is 1. The molecule has 0 fully saturated rings. The molecule has 22 heavy (non-hydrogen) atoms. The molecular weight excluding hydrogens is 281 g/mol.